The molecule has 1 aromatic carbocycles. The lowest BCUT2D eigenvalue weighted by Crippen LogP contribution is -2.38. The Morgan fingerprint density at radius 1 is 1.46 bits per heavy atom. The van der Waals surface area contributed by atoms with E-state index in [4.69, 9.17) is 5.73 Å². The lowest BCUT2D eigenvalue weighted by molar-refractivity contribution is -0.117. The van der Waals surface area contributed by atoms with Gasteiger partial charge in [0.15, 0.2) is 5.82 Å². The Morgan fingerprint density at radius 2 is 2.29 bits per heavy atom. The third-order valence-electron chi connectivity index (χ3n) is 3.58. The SMILES string of the molecule is Cn1ccnc1CC(N)C(=O)Nc1cccc(F)c1-c1ncn[nH]1. The van der Waals surface area contributed by atoms with Gasteiger partial charge in [-0.2, -0.15) is 5.10 Å². The number of aryl methyl sites for hydroxylation is 1. The number of amides is 1. The second-order valence-corrected chi connectivity index (χ2v) is 5.25. The Balaban J connectivity index is 1.80. The highest BCUT2D eigenvalue weighted by Gasteiger charge is 2.20. The van der Waals surface area contributed by atoms with Gasteiger partial charge < -0.3 is 15.6 Å². The van der Waals surface area contributed by atoms with Crippen molar-refractivity contribution < 1.29 is 9.18 Å². The molecule has 124 valence electrons. The first-order valence-corrected chi connectivity index (χ1v) is 7.23. The topological polar surface area (TPSA) is 115 Å². The van der Waals surface area contributed by atoms with E-state index < -0.39 is 17.8 Å². The number of rotatable bonds is 5. The summed E-state index contributed by atoms with van der Waals surface area (Å²) in [5.74, 6) is -0.0555. The number of hydrogen-bond donors (Lipinski definition) is 3. The van der Waals surface area contributed by atoms with Crippen LogP contribution in [0.5, 0.6) is 0 Å². The molecule has 3 rings (SSSR count). The van der Waals surface area contributed by atoms with Crippen molar-refractivity contribution in [3.63, 3.8) is 0 Å². The summed E-state index contributed by atoms with van der Waals surface area (Å²) in [6, 6.07) is 3.53. The molecule has 0 aliphatic rings. The van der Waals surface area contributed by atoms with Crippen LogP contribution < -0.4 is 11.1 Å². The summed E-state index contributed by atoms with van der Waals surface area (Å²) >= 11 is 0. The van der Waals surface area contributed by atoms with Gasteiger partial charge in [0.05, 0.1) is 17.3 Å². The summed E-state index contributed by atoms with van der Waals surface area (Å²) < 4.78 is 15.9. The minimum Gasteiger partial charge on any atom is -0.338 e. The number of aromatic amines is 1. The number of nitrogens with one attached hydrogen (secondary N) is 2. The second kappa shape index (κ2) is 6.59. The van der Waals surface area contributed by atoms with E-state index in [0.717, 1.165) is 0 Å². The van der Waals surface area contributed by atoms with Crippen molar-refractivity contribution in [2.45, 2.75) is 12.5 Å². The summed E-state index contributed by atoms with van der Waals surface area (Å²) in [6.07, 6.45) is 4.94. The van der Waals surface area contributed by atoms with Crippen molar-refractivity contribution in [3.8, 4) is 11.4 Å². The average Bonchev–Trinajstić information content (AvgIpc) is 3.20. The summed E-state index contributed by atoms with van der Waals surface area (Å²) in [5.41, 5.74) is 6.34. The Labute approximate surface area is 136 Å². The van der Waals surface area contributed by atoms with Gasteiger partial charge in [0, 0.05) is 25.9 Å². The number of H-pyrrole nitrogens is 1. The highest BCUT2D eigenvalue weighted by molar-refractivity contribution is 5.98. The van der Waals surface area contributed by atoms with Crippen molar-refractivity contribution in [2.75, 3.05) is 5.32 Å². The van der Waals surface area contributed by atoms with Gasteiger partial charge >= 0.3 is 0 Å². The van der Waals surface area contributed by atoms with Gasteiger partial charge in [-0.25, -0.2) is 14.4 Å². The molecule has 8 nitrogen and oxygen atoms in total. The highest BCUT2D eigenvalue weighted by atomic mass is 19.1. The molecule has 0 saturated heterocycles. The molecular formula is C15H16FN7O. The zero-order valence-corrected chi connectivity index (χ0v) is 12.9. The molecule has 9 heteroatoms. The Bertz CT molecular complexity index is 843. The normalized spacial score (nSPS) is 12.1. The van der Waals surface area contributed by atoms with Crippen molar-refractivity contribution in [2.24, 2.45) is 12.8 Å². The van der Waals surface area contributed by atoms with Crippen molar-refractivity contribution in [3.05, 3.63) is 48.6 Å². The quantitative estimate of drug-likeness (QED) is 0.642. The lowest BCUT2D eigenvalue weighted by Gasteiger charge is -2.14. The molecule has 2 aromatic heterocycles. The monoisotopic (exact) mass is 329 g/mol. The van der Waals surface area contributed by atoms with E-state index in [0.29, 0.717) is 5.82 Å². The molecule has 0 radical (unpaired) electrons. The first kappa shape index (κ1) is 15.8. The number of nitrogens with two attached hydrogens (primary N) is 1. The third kappa shape index (κ3) is 3.15. The number of aromatic nitrogens is 5. The lowest BCUT2D eigenvalue weighted by atomic mass is 10.1. The van der Waals surface area contributed by atoms with Gasteiger partial charge in [0.25, 0.3) is 0 Å². The van der Waals surface area contributed by atoms with Gasteiger partial charge in [-0.15, -0.1) is 0 Å². The number of carbonyl (C=O) groups is 1. The van der Waals surface area contributed by atoms with E-state index in [9.17, 15) is 9.18 Å². The maximum absolute atomic E-state index is 14.1. The summed E-state index contributed by atoms with van der Waals surface area (Å²) in [5, 5.41) is 8.93. The first-order valence-electron chi connectivity index (χ1n) is 7.23. The second-order valence-electron chi connectivity index (χ2n) is 5.25. The van der Waals surface area contributed by atoms with Gasteiger partial charge in [0.1, 0.15) is 18.0 Å². The molecule has 3 aromatic rings. The fraction of sp³-hybridized carbons (Fsp3) is 0.200. The van der Waals surface area contributed by atoms with E-state index in [2.05, 4.69) is 25.5 Å². The van der Waals surface area contributed by atoms with E-state index in [-0.39, 0.29) is 23.5 Å². The molecule has 0 aliphatic heterocycles. The predicted octanol–water partition coefficient (Wildman–Crippen LogP) is 0.853. The molecule has 2 heterocycles. The fourth-order valence-electron chi connectivity index (χ4n) is 2.30. The molecule has 1 unspecified atom stereocenters. The van der Waals surface area contributed by atoms with Crippen LogP contribution in [-0.4, -0.2) is 36.7 Å². The average molecular weight is 329 g/mol. The summed E-state index contributed by atoms with van der Waals surface area (Å²) in [6.45, 7) is 0. The summed E-state index contributed by atoms with van der Waals surface area (Å²) in [4.78, 5) is 20.4. The van der Waals surface area contributed by atoms with Gasteiger partial charge in [0.2, 0.25) is 5.91 Å². The number of carbonyl (C=O) groups excluding carboxylic acids is 1. The van der Waals surface area contributed by atoms with E-state index in [1.54, 1.807) is 23.0 Å². The first-order chi connectivity index (χ1) is 11.6. The number of nitrogens with zero attached hydrogens (tertiary/aromatic N) is 4. The third-order valence-corrected chi connectivity index (χ3v) is 3.58. The largest absolute Gasteiger partial charge is 0.338 e. The van der Waals surface area contributed by atoms with Gasteiger partial charge in [-0.1, -0.05) is 6.07 Å². The molecule has 0 saturated carbocycles. The molecule has 0 bridgehead atoms. The van der Waals surface area contributed by atoms with Crippen LogP contribution >= 0.6 is 0 Å². The molecular weight excluding hydrogens is 313 g/mol. The number of imidazole rings is 1. The van der Waals surface area contributed by atoms with Gasteiger partial charge in [-0.05, 0) is 12.1 Å². The van der Waals surface area contributed by atoms with Gasteiger partial charge in [-0.3, -0.25) is 9.89 Å². The van der Waals surface area contributed by atoms with Crippen molar-refractivity contribution >= 4 is 11.6 Å². The van der Waals surface area contributed by atoms with E-state index in [1.807, 2.05) is 7.05 Å². The number of benzene rings is 1. The minimum absolute atomic E-state index is 0.132. The van der Waals surface area contributed by atoms with E-state index >= 15 is 0 Å². The number of hydrogen-bond acceptors (Lipinski definition) is 5. The maximum atomic E-state index is 14.1. The van der Waals surface area contributed by atoms with Crippen molar-refractivity contribution in [1.82, 2.24) is 24.7 Å². The molecule has 4 N–H and O–H groups in total. The number of anilines is 1. The zero-order valence-electron chi connectivity index (χ0n) is 12.9. The molecule has 0 fully saturated rings. The molecule has 1 atom stereocenters. The van der Waals surface area contributed by atoms with Crippen LogP contribution in [-0.2, 0) is 18.3 Å². The van der Waals surface area contributed by atoms with Crippen LogP contribution in [0.1, 0.15) is 5.82 Å². The van der Waals surface area contributed by atoms with Crippen LogP contribution in [0.4, 0.5) is 10.1 Å². The Kier molecular flexibility index (Phi) is 4.34. The smallest absolute Gasteiger partial charge is 0.241 e. The minimum atomic E-state index is -0.822. The number of halogens is 1. The zero-order chi connectivity index (χ0) is 17.1. The standard InChI is InChI=1S/C15H16FN7O/c1-23-6-5-18-12(23)7-10(17)15(24)21-11-4-2-3-9(16)13(11)14-19-8-20-22-14/h2-6,8,10H,7,17H2,1H3,(H,21,24)(H,19,20,22). The molecule has 1 amide bonds. The molecule has 24 heavy (non-hydrogen) atoms. The Hall–Kier alpha value is -3.07. The summed E-state index contributed by atoms with van der Waals surface area (Å²) in [7, 11) is 1.82. The Morgan fingerprint density at radius 3 is 2.96 bits per heavy atom. The highest BCUT2D eigenvalue weighted by Crippen LogP contribution is 2.27. The van der Waals surface area contributed by atoms with Crippen LogP contribution in [0, 0.1) is 5.82 Å². The fourth-order valence-corrected chi connectivity index (χ4v) is 2.30. The van der Waals surface area contributed by atoms with Crippen LogP contribution in [0.2, 0.25) is 0 Å². The molecule has 0 aliphatic carbocycles. The molecule has 0 spiro atoms. The van der Waals surface area contributed by atoms with Crippen LogP contribution in [0.25, 0.3) is 11.4 Å². The van der Waals surface area contributed by atoms with Crippen molar-refractivity contribution in [1.29, 1.82) is 0 Å². The van der Waals surface area contributed by atoms with Crippen LogP contribution in [0.15, 0.2) is 36.9 Å². The van der Waals surface area contributed by atoms with E-state index in [1.165, 1.54) is 18.5 Å². The maximum Gasteiger partial charge on any atom is 0.241 e. The predicted molar refractivity (Wildman–Crippen MR) is 85.3 cm³/mol. The van der Waals surface area contributed by atoms with Crippen LogP contribution in [0.3, 0.4) is 0 Å².